The molecule has 0 atom stereocenters. The highest BCUT2D eigenvalue weighted by Gasteiger charge is 2.07. The molecule has 0 aliphatic rings. The summed E-state index contributed by atoms with van der Waals surface area (Å²) in [6.07, 6.45) is 0. The van der Waals surface area contributed by atoms with Gasteiger partial charge in [-0.05, 0) is 48.9 Å². The molecule has 2 aromatic rings. The zero-order chi connectivity index (χ0) is 12.4. The summed E-state index contributed by atoms with van der Waals surface area (Å²) in [4.78, 5) is 11.8. The lowest BCUT2D eigenvalue weighted by Crippen LogP contribution is -2.23. The molecule has 2 N–H and O–H groups in total. The van der Waals surface area contributed by atoms with E-state index < -0.39 is 0 Å². The van der Waals surface area contributed by atoms with Crippen molar-refractivity contribution in [3.63, 3.8) is 0 Å². The maximum Gasteiger partial charge on any atom is 0.274 e. The van der Waals surface area contributed by atoms with Gasteiger partial charge in [0.15, 0.2) is 0 Å². The van der Waals surface area contributed by atoms with E-state index in [1.54, 1.807) is 28.8 Å². The average molecular weight is 232 g/mol. The Hall–Kier alpha value is -2.10. The van der Waals surface area contributed by atoms with Crippen LogP contribution in [0.1, 0.15) is 6.92 Å². The quantitative estimate of drug-likeness (QED) is 0.863. The lowest BCUT2D eigenvalue weighted by molar-refractivity contribution is 0.628. The molecule has 2 rings (SSSR count). The van der Waals surface area contributed by atoms with Gasteiger partial charge in [0.05, 0.1) is 11.4 Å². The van der Waals surface area contributed by atoms with Gasteiger partial charge >= 0.3 is 0 Å². The van der Waals surface area contributed by atoms with Gasteiger partial charge in [-0.1, -0.05) is 0 Å². The zero-order valence-corrected chi connectivity index (χ0v) is 9.48. The van der Waals surface area contributed by atoms with Crippen molar-refractivity contribution >= 4 is 5.69 Å². The lowest BCUT2D eigenvalue weighted by atomic mass is 10.1. The first-order valence-corrected chi connectivity index (χ1v) is 5.38. The van der Waals surface area contributed by atoms with Gasteiger partial charge in [-0.25, -0.2) is 4.39 Å². The Morgan fingerprint density at radius 1 is 1.18 bits per heavy atom. The summed E-state index contributed by atoms with van der Waals surface area (Å²) in [6.45, 7) is 2.39. The maximum absolute atomic E-state index is 12.8. The van der Waals surface area contributed by atoms with Gasteiger partial charge in [0.2, 0.25) is 0 Å². The SMILES string of the molecule is CCn1c(-c2ccc(F)cc2)ccc(N)c1=O. The molecule has 0 radical (unpaired) electrons. The summed E-state index contributed by atoms with van der Waals surface area (Å²) in [5.41, 5.74) is 7.12. The number of pyridine rings is 1. The molecule has 1 aromatic heterocycles. The Bertz CT molecular complexity index is 587. The molecule has 0 unspecified atom stereocenters. The van der Waals surface area contributed by atoms with E-state index in [1.165, 1.54) is 12.1 Å². The minimum atomic E-state index is -0.297. The highest BCUT2D eigenvalue weighted by atomic mass is 19.1. The highest BCUT2D eigenvalue weighted by molar-refractivity contribution is 5.61. The second-order valence-corrected chi connectivity index (χ2v) is 3.73. The van der Waals surface area contributed by atoms with Crippen LogP contribution in [0.3, 0.4) is 0 Å². The molecule has 1 aromatic carbocycles. The fourth-order valence-corrected chi connectivity index (χ4v) is 1.78. The van der Waals surface area contributed by atoms with E-state index in [0.29, 0.717) is 6.54 Å². The number of benzene rings is 1. The summed E-state index contributed by atoms with van der Waals surface area (Å²) in [7, 11) is 0. The first-order chi connectivity index (χ1) is 8.13. The van der Waals surface area contributed by atoms with E-state index in [2.05, 4.69) is 0 Å². The van der Waals surface area contributed by atoms with Crippen molar-refractivity contribution in [1.29, 1.82) is 0 Å². The number of anilines is 1. The van der Waals surface area contributed by atoms with Crippen LogP contribution in [0.5, 0.6) is 0 Å². The predicted octanol–water partition coefficient (Wildman–Crippen LogP) is 2.26. The number of halogens is 1. The molecule has 17 heavy (non-hydrogen) atoms. The van der Waals surface area contributed by atoms with Crippen molar-refractivity contribution < 1.29 is 4.39 Å². The molecular weight excluding hydrogens is 219 g/mol. The van der Waals surface area contributed by atoms with Crippen LogP contribution in [0.2, 0.25) is 0 Å². The van der Waals surface area contributed by atoms with E-state index in [9.17, 15) is 9.18 Å². The number of hydrogen-bond donors (Lipinski definition) is 1. The molecular formula is C13H13FN2O. The highest BCUT2D eigenvalue weighted by Crippen LogP contribution is 2.19. The fraction of sp³-hybridized carbons (Fsp3) is 0.154. The molecule has 0 saturated carbocycles. The lowest BCUT2D eigenvalue weighted by Gasteiger charge is -2.11. The smallest absolute Gasteiger partial charge is 0.274 e. The van der Waals surface area contributed by atoms with Crippen molar-refractivity contribution in [1.82, 2.24) is 4.57 Å². The molecule has 0 saturated heterocycles. The van der Waals surface area contributed by atoms with Crippen molar-refractivity contribution in [2.45, 2.75) is 13.5 Å². The van der Waals surface area contributed by atoms with Crippen molar-refractivity contribution in [2.75, 3.05) is 5.73 Å². The summed E-state index contributed by atoms with van der Waals surface area (Å²) < 4.78 is 14.4. The Kier molecular flexibility index (Phi) is 2.95. The minimum Gasteiger partial charge on any atom is -0.394 e. The van der Waals surface area contributed by atoms with Crippen LogP contribution in [-0.2, 0) is 6.54 Å². The molecule has 0 aliphatic carbocycles. The molecule has 0 spiro atoms. The standard InChI is InChI=1S/C13H13FN2O/c1-2-16-12(8-7-11(15)13(16)17)9-3-5-10(14)6-4-9/h3-8H,2,15H2,1H3. The summed E-state index contributed by atoms with van der Waals surface area (Å²) in [5, 5.41) is 0. The summed E-state index contributed by atoms with van der Waals surface area (Å²) >= 11 is 0. The van der Waals surface area contributed by atoms with Crippen molar-refractivity contribution in [2.24, 2.45) is 0 Å². The third-order valence-electron chi connectivity index (χ3n) is 2.66. The summed E-state index contributed by atoms with van der Waals surface area (Å²) in [5.74, 6) is -0.297. The Labute approximate surface area is 98.3 Å². The van der Waals surface area contributed by atoms with E-state index >= 15 is 0 Å². The zero-order valence-electron chi connectivity index (χ0n) is 9.48. The van der Waals surface area contributed by atoms with E-state index in [1.807, 2.05) is 6.92 Å². The first-order valence-electron chi connectivity index (χ1n) is 5.38. The van der Waals surface area contributed by atoms with Gasteiger partial charge in [0, 0.05) is 6.54 Å². The molecule has 1 heterocycles. The van der Waals surface area contributed by atoms with E-state index in [0.717, 1.165) is 11.3 Å². The van der Waals surface area contributed by atoms with Gasteiger partial charge in [-0.3, -0.25) is 4.79 Å². The van der Waals surface area contributed by atoms with Crippen molar-refractivity contribution in [3.05, 3.63) is 52.6 Å². The summed E-state index contributed by atoms with van der Waals surface area (Å²) in [6, 6.07) is 9.38. The number of nitrogen functional groups attached to an aromatic ring is 1. The minimum absolute atomic E-state index is 0.214. The topological polar surface area (TPSA) is 48.0 Å². The molecule has 0 fully saturated rings. The molecule has 4 heteroatoms. The van der Waals surface area contributed by atoms with Crippen LogP contribution in [0.15, 0.2) is 41.2 Å². The van der Waals surface area contributed by atoms with Crippen LogP contribution in [-0.4, -0.2) is 4.57 Å². The Balaban J connectivity index is 2.63. The number of rotatable bonds is 2. The predicted molar refractivity (Wildman–Crippen MR) is 66.2 cm³/mol. The van der Waals surface area contributed by atoms with Crippen LogP contribution < -0.4 is 11.3 Å². The largest absolute Gasteiger partial charge is 0.394 e. The van der Waals surface area contributed by atoms with E-state index in [4.69, 9.17) is 5.73 Å². The van der Waals surface area contributed by atoms with Crippen LogP contribution in [0.4, 0.5) is 10.1 Å². The fourth-order valence-electron chi connectivity index (χ4n) is 1.78. The van der Waals surface area contributed by atoms with Crippen LogP contribution in [0, 0.1) is 5.82 Å². The average Bonchev–Trinajstić information content (AvgIpc) is 2.34. The second-order valence-electron chi connectivity index (χ2n) is 3.73. The third kappa shape index (κ3) is 2.06. The van der Waals surface area contributed by atoms with Crippen LogP contribution in [0.25, 0.3) is 11.3 Å². The van der Waals surface area contributed by atoms with Gasteiger partial charge in [-0.15, -0.1) is 0 Å². The number of hydrogen-bond acceptors (Lipinski definition) is 2. The number of nitrogens with two attached hydrogens (primary N) is 1. The van der Waals surface area contributed by atoms with E-state index in [-0.39, 0.29) is 17.1 Å². The number of aromatic nitrogens is 1. The second kappa shape index (κ2) is 4.41. The first kappa shape index (κ1) is 11.4. The number of nitrogens with zero attached hydrogens (tertiary/aromatic N) is 1. The van der Waals surface area contributed by atoms with Gasteiger partial charge in [0.25, 0.3) is 5.56 Å². The molecule has 88 valence electrons. The maximum atomic E-state index is 12.8. The van der Waals surface area contributed by atoms with Gasteiger partial charge in [0.1, 0.15) is 5.82 Å². The Morgan fingerprint density at radius 2 is 1.82 bits per heavy atom. The molecule has 0 amide bonds. The monoisotopic (exact) mass is 232 g/mol. The molecule has 3 nitrogen and oxygen atoms in total. The van der Waals surface area contributed by atoms with Crippen molar-refractivity contribution in [3.8, 4) is 11.3 Å². The molecule has 0 aliphatic heterocycles. The van der Waals surface area contributed by atoms with Gasteiger partial charge in [-0.2, -0.15) is 0 Å². The third-order valence-corrected chi connectivity index (χ3v) is 2.66. The van der Waals surface area contributed by atoms with Crippen LogP contribution >= 0.6 is 0 Å². The molecule has 0 bridgehead atoms. The van der Waals surface area contributed by atoms with Gasteiger partial charge < -0.3 is 10.3 Å². The Morgan fingerprint density at radius 3 is 2.41 bits per heavy atom. The normalized spacial score (nSPS) is 10.5.